The number of nitrogens with two attached hydrogens (primary N) is 1. The molecule has 0 spiro atoms. The predicted octanol–water partition coefficient (Wildman–Crippen LogP) is 1.04. The molecule has 1 aliphatic rings. The van der Waals surface area contributed by atoms with E-state index in [4.69, 9.17) is 5.73 Å². The van der Waals surface area contributed by atoms with E-state index in [1.54, 1.807) is 30.3 Å². The number of rotatable bonds is 16. The van der Waals surface area contributed by atoms with Crippen LogP contribution in [0.15, 0.2) is 64.8 Å². The first-order valence-electron chi connectivity index (χ1n) is 14.2. The molecular weight excluding hydrogens is 656 g/mol. The maximum Gasteiger partial charge on any atom is 0.442 e. The molecule has 0 fully saturated rings. The van der Waals surface area contributed by atoms with Crippen LogP contribution in [0.2, 0.25) is 0 Å². The third kappa shape index (κ3) is 10.7. The van der Waals surface area contributed by atoms with Gasteiger partial charge < -0.3 is 32.1 Å². The summed E-state index contributed by atoms with van der Waals surface area (Å²) in [5.41, 5.74) is 2.75. The Labute approximate surface area is 268 Å². The minimum absolute atomic E-state index is 0.105. The molecule has 5 amide bonds. The van der Waals surface area contributed by atoms with Gasteiger partial charge in [0, 0.05) is 18.4 Å². The second kappa shape index (κ2) is 15.7. The summed E-state index contributed by atoms with van der Waals surface area (Å²) in [5, 5.41) is 24.6. The van der Waals surface area contributed by atoms with Gasteiger partial charge in [-0.2, -0.15) is 26.3 Å². The van der Waals surface area contributed by atoms with Crippen LogP contribution in [0.5, 0.6) is 0 Å². The van der Waals surface area contributed by atoms with Gasteiger partial charge in [0.1, 0.15) is 6.04 Å². The maximum atomic E-state index is 13.3. The molecule has 0 radical (unpaired) electrons. The van der Waals surface area contributed by atoms with Gasteiger partial charge in [0.15, 0.2) is 6.10 Å². The molecule has 13 nitrogen and oxygen atoms in total. The third-order valence-corrected chi connectivity index (χ3v) is 6.96. The van der Waals surface area contributed by atoms with Gasteiger partial charge in [-0.1, -0.05) is 54.6 Å². The lowest BCUT2D eigenvalue weighted by atomic mass is 9.99. The van der Waals surface area contributed by atoms with Crippen molar-refractivity contribution in [3.8, 4) is 0 Å². The largest absolute Gasteiger partial charge is 0.442 e. The number of hydrogen-bond acceptors (Lipinski definition) is 8. The number of aliphatic hydroxyl groups excluding tert-OH is 1. The second-order valence-electron chi connectivity index (χ2n) is 10.7. The van der Waals surface area contributed by atoms with Crippen LogP contribution in [0.25, 0.3) is 0 Å². The number of benzene rings is 2. The first kappa shape index (κ1) is 37.4. The molecule has 7 N–H and O–H groups in total. The van der Waals surface area contributed by atoms with Gasteiger partial charge in [0.05, 0.1) is 25.6 Å². The normalized spacial score (nSPS) is 15.4. The fourth-order valence-electron chi connectivity index (χ4n) is 4.46. The summed E-state index contributed by atoms with van der Waals surface area (Å²) in [6.07, 6.45) is -14.6. The summed E-state index contributed by atoms with van der Waals surface area (Å²) in [5.74, 6) is -4.64. The molecule has 0 saturated heterocycles. The number of nitrogens with zero attached hydrogens (tertiary/aromatic N) is 2. The number of nitrogens with one attached hydrogen (secondary N) is 4. The number of hydrogen-bond donors (Lipinski definition) is 6. The van der Waals surface area contributed by atoms with Crippen LogP contribution in [0.4, 0.5) is 26.3 Å². The van der Waals surface area contributed by atoms with Crippen LogP contribution < -0.4 is 27.0 Å². The highest BCUT2D eigenvalue weighted by Gasteiger charge is 2.65. The lowest BCUT2D eigenvalue weighted by molar-refractivity contribution is -0.212. The maximum absolute atomic E-state index is 13.3. The topological polar surface area (TPSA) is 204 Å². The molecule has 3 atom stereocenters. The van der Waals surface area contributed by atoms with Gasteiger partial charge in [-0.3, -0.25) is 24.0 Å². The first-order valence-corrected chi connectivity index (χ1v) is 14.2. The van der Waals surface area contributed by atoms with Crippen molar-refractivity contribution in [1.82, 2.24) is 21.3 Å². The van der Waals surface area contributed by atoms with E-state index < -0.39 is 98.1 Å². The van der Waals surface area contributed by atoms with Crippen molar-refractivity contribution in [2.45, 2.75) is 61.9 Å². The van der Waals surface area contributed by atoms with Crippen LogP contribution >= 0.6 is 0 Å². The van der Waals surface area contributed by atoms with Crippen LogP contribution in [0.3, 0.4) is 0 Å². The summed E-state index contributed by atoms with van der Waals surface area (Å²) in [7, 11) is 0. The number of primary amides is 1. The van der Waals surface area contributed by atoms with Crippen molar-refractivity contribution >= 4 is 29.5 Å². The average Bonchev–Trinajstić information content (AvgIpc) is 3.83. The van der Waals surface area contributed by atoms with E-state index in [0.717, 1.165) is 12.1 Å². The summed E-state index contributed by atoms with van der Waals surface area (Å²) < 4.78 is 79.1. The molecule has 260 valence electrons. The molecule has 19 heteroatoms. The Morgan fingerprint density at radius 2 is 1.42 bits per heavy atom. The lowest BCUT2D eigenvalue weighted by Gasteiger charge is -2.26. The zero-order valence-corrected chi connectivity index (χ0v) is 24.9. The molecular formula is C29H31F6N7O6. The van der Waals surface area contributed by atoms with Crippen molar-refractivity contribution in [3.05, 3.63) is 71.3 Å². The molecule has 1 heterocycles. The molecule has 1 aliphatic heterocycles. The number of amides is 5. The lowest BCUT2D eigenvalue weighted by Crippen LogP contribution is -2.54. The summed E-state index contributed by atoms with van der Waals surface area (Å²) in [4.78, 5) is 61.5. The summed E-state index contributed by atoms with van der Waals surface area (Å²) in [6, 6.07) is 9.94. The zero-order chi connectivity index (χ0) is 35.7. The zero-order valence-electron chi connectivity index (χ0n) is 24.9. The molecule has 0 aromatic heterocycles. The minimum Gasteiger partial charge on any atom is -0.382 e. The Morgan fingerprint density at radius 3 is 2.00 bits per heavy atom. The third-order valence-electron chi connectivity index (χ3n) is 6.96. The Morgan fingerprint density at radius 1 is 0.812 bits per heavy atom. The van der Waals surface area contributed by atoms with E-state index in [1.807, 2.05) is 5.32 Å². The van der Waals surface area contributed by atoms with Crippen molar-refractivity contribution in [3.63, 3.8) is 0 Å². The monoisotopic (exact) mass is 687 g/mol. The molecule has 2 aromatic rings. The van der Waals surface area contributed by atoms with Gasteiger partial charge >= 0.3 is 18.0 Å². The predicted molar refractivity (Wildman–Crippen MR) is 153 cm³/mol. The number of halogens is 6. The van der Waals surface area contributed by atoms with Gasteiger partial charge in [-0.25, -0.2) is 0 Å². The minimum atomic E-state index is -5.14. The quantitative estimate of drug-likeness (QED) is 0.142. The van der Waals surface area contributed by atoms with Gasteiger partial charge in [0.2, 0.25) is 29.5 Å². The van der Waals surface area contributed by atoms with Crippen molar-refractivity contribution < 1.29 is 55.4 Å². The molecule has 0 bridgehead atoms. The van der Waals surface area contributed by atoms with Gasteiger partial charge in [-0.15, -0.1) is 10.2 Å². The van der Waals surface area contributed by atoms with Crippen LogP contribution in [0, 0.1) is 0 Å². The van der Waals surface area contributed by atoms with E-state index in [0.29, 0.717) is 5.56 Å². The van der Waals surface area contributed by atoms with E-state index in [9.17, 15) is 55.4 Å². The number of carbonyl (C=O) groups is 5. The fourth-order valence-corrected chi connectivity index (χ4v) is 4.46. The highest BCUT2D eigenvalue weighted by molar-refractivity contribution is 5.92. The second-order valence-corrected chi connectivity index (χ2v) is 10.7. The molecule has 2 aromatic carbocycles. The number of aliphatic hydroxyl groups is 1. The van der Waals surface area contributed by atoms with E-state index >= 15 is 0 Å². The van der Waals surface area contributed by atoms with Crippen molar-refractivity contribution in [2.75, 3.05) is 13.1 Å². The molecule has 2 unspecified atom stereocenters. The van der Waals surface area contributed by atoms with Gasteiger partial charge in [0.25, 0.3) is 0 Å². The molecule has 48 heavy (non-hydrogen) atoms. The Balaban J connectivity index is 1.58. The first-order chi connectivity index (χ1) is 22.4. The highest BCUT2D eigenvalue weighted by atomic mass is 19.4. The van der Waals surface area contributed by atoms with Crippen LogP contribution in [-0.2, 0) is 42.5 Å². The molecule has 0 aliphatic carbocycles. The van der Waals surface area contributed by atoms with E-state index in [-0.39, 0.29) is 17.5 Å². The SMILES string of the molecule is NC(=O)CCC(NC(=O)CNC(=O)[C@H](Cc1ccccc1)NC(=O)CNC(=O)Cc1cccc(C2(C(F)(F)F)N=N2)c1)C(O)C(F)(F)F. The number of carbonyl (C=O) groups excluding carboxylic acids is 5. The smallest absolute Gasteiger partial charge is 0.382 e. The van der Waals surface area contributed by atoms with Crippen LogP contribution in [0.1, 0.15) is 29.5 Å². The van der Waals surface area contributed by atoms with E-state index in [2.05, 4.69) is 26.2 Å². The molecule has 3 rings (SSSR count). The fraction of sp³-hybridized carbons (Fsp3) is 0.414. The van der Waals surface area contributed by atoms with Gasteiger partial charge in [-0.05, 0) is 17.5 Å². The van der Waals surface area contributed by atoms with Crippen molar-refractivity contribution in [1.29, 1.82) is 0 Å². The summed E-state index contributed by atoms with van der Waals surface area (Å²) in [6.45, 7) is -1.52. The van der Waals surface area contributed by atoms with Crippen molar-refractivity contribution in [2.24, 2.45) is 16.0 Å². The highest BCUT2D eigenvalue weighted by Crippen LogP contribution is 2.52. The van der Waals surface area contributed by atoms with Crippen LogP contribution in [-0.4, -0.2) is 78.3 Å². The number of alkyl halides is 6. The standard InChI is InChI=1S/C29H31F6N7O6/c30-28(31,32)25(47)19(9-10-21(36)43)39-24(46)15-38-26(48)20(12-16-5-2-1-3-6-16)40-23(45)14-37-22(44)13-17-7-4-8-18(11-17)27(41-42-27)29(33,34)35/h1-8,11,19-20,25,47H,9-10,12-15H2,(H2,36,43)(H,37,44)(H,38,48)(H,39,46)(H,40,45)/t19?,20-,25?/m0/s1. The summed E-state index contributed by atoms with van der Waals surface area (Å²) >= 11 is 0. The molecule has 0 saturated carbocycles. The van der Waals surface area contributed by atoms with E-state index in [1.165, 1.54) is 12.1 Å². The average molecular weight is 688 g/mol. The Kier molecular flexibility index (Phi) is 12.2. The Bertz CT molecular complexity index is 1510. The Hall–Kier alpha value is -5.07.